The number of aliphatic carboxylic acids is 1. The lowest BCUT2D eigenvalue weighted by atomic mass is 9.79. The van der Waals surface area contributed by atoms with Crippen LogP contribution in [-0.4, -0.2) is 23.7 Å². The van der Waals surface area contributed by atoms with E-state index >= 15 is 0 Å². The molecule has 0 aromatic carbocycles. The summed E-state index contributed by atoms with van der Waals surface area (Å²) in [4.78, 5) is 21.3. The monoisotopic (exact) mass is 268 g/mol. The van der Waals surface area contributed by atoms with Crippen molar-refractivity contribution in [2.24, 2.45) is 11.8 Å². The molecule has 0 amide bonds. The first kappa shape index (κ1) is 15.7. The Kier molecular flexibility index (Phi) is 7.23. The van der Waals surface area contributed by atoms with Crippen molar-refractivity contribution in [3.05, 3.63) is 12.2 Å². The van der Waals surface area contributed by atoms with E-state index in [2.05, 4.69) is 6.92 Å². The molecule has 1 aliphatic carbocycles. The second kappa shape index (κ2) is 8.73. The minimum Gasteiger partial charge on any atom is -0.478 e. The van der Waals surface area contributed by atoms with Gasteiger partial charge in [-0.15, -0.1) is 0 Å². The van der Waals surface area contributed by atoms with E-state index in [0.29, 0.717) is 6.61 Å². The summed E-state index contributed by atoms with van der Waals surface area (Å²) in [5, 5.41) is 8.35. The van der Waals surface area contributed by atoms with Crippen molar-refractivity contribution >= 4 is 11.9 Å². The molecule has 4 nitrogen and oxygen atoms in total. The minimum absolute atomic E-state index is 0.385. The first-order chi connectivity index (χ1) is 9.11. The van der Waals surface area contributed by atoms with Crippen LogP contribution in [0.3, 0.4) is 0 Å². The third-order valence-electron chi connectivity index (χ3n) is 3.91. The Morgan fingerprint density at radius 1 is 1.16 bits per heavy atom. The fourth-order valence-electron chi connectivity index (χ4n) is 2.66. The maximum atomic E-state index is 11.1. The molecule has 0 atom stereocenters. The number of hydrogen-bond acceptors (Lipinski definition) is 3. The number of carbonyl (C=O) groups excluding carboxylic acids is 1. The van der Waals surface area contributed by atoms with E-state index in [1.54, 1.807) is 0 Å². The average Bonchev–Trinajstić information content (AvgIpc) is 2.42. The highest BCUT2D eigenvalue weighted by molar-refractivity contribution is 5.90. The Bertz CT molecular complexity index is 314. The molecule has 1 rings (SSSR count). The van der Waals surface area contributed by atoms with Gasteiger partial charge in [-0.1, -0.05) is 39.0 Å². The van der Waals surface area contributed by atoms with Crippen molar-refractivity contribution in [2.45, 2.75) is 51.9 Å². The molecule has 0 aromatic heterocycles. The Morgan fingerprint density at radius 3 is 2.37 bits per heavy atom. The Hall–Kier alpha value is -1.32. The van der Waals surface area contributed by atoms with Crippen molar-refractivity contribution < 1.29 is 19.4 Å². The van der Waals surface area contributed by atoms with E-state index in [1.807, 2.05) is 0 Å². The van der Waals surface area contributed by atoms with Gasteiger partial charge in [0.05, 0.1) is 6.61 Å². The molecule has 0 heterocycles. The molecule has 0 aliphatic heterocycles. The molecule has 0 spiro atoms. The zero-order chi connectivity index (χ0) is 14.1. The third-order valence-corrected chi connectivity index (χ3v) is 3.91. The second-order valence-corrected chi connectivity index (χ2v) is 5.28. The maximum Gasteiger partial charge on any atom is 0.331 e. The lowest BCUT2D eigenvalue weighted by molar-refractivity contribution is -0.138. The maximum absolute atomic E-state index is 11.1. The molecule has 19 heavy (non-hydrogen) atoms. The average molecular weight is 268 g/mol. The summed E-state index contributed by atoms with van der Waals surface area (Å²) in [6.45, 7) is 2.64. The quantitative estimate of drug-likeness (QED) is 0.437. The fraction of sp³-hybridized carbons (Fsp3) is 0.733. The van der Waals surface area contributed by atoms with Gasteiger partial charge in [0.2, 0.25) is 0 Å². The standard InChI is InChI=1S/C15H24O4/c1-2-12-5-7-13(8-6-12)4-3-11-19-15(18)10-9-14(16)17/h9-10,12-13H,2-8,11H2,1H3,(H,16,17)/b10-9+. The molecule has 0 unspecified atom stereocenters. The minimum atomic E-state index is -1.13. The van der Waals surface area contributed by atoms with Crippen molar-refractivity contribution in [3.8, 4) is 0 Å². The summed E-state index contributed by atoms with van der Waals surface area (Å²) in [6, 6.07) is 0. The van der Waals surface area contributed by atoms with Gasteiger partial charge in [-0.2, -0.15) is 0 Å². The number of carbonyl (C=O) groups is 2. The van der Waals surface area contributed by atoms with Gasteiger partial charge in [0.25, 0.3) is 0 Å². The van der Waals surface area contributed by atoms with Crippen LogP contribution in [0.15, 0.2) is 12.2 Å². The van der Waals surface area contributed by atoms with E-state index in [1.165, 1.54) is 32.1 Å². The van der Waals surface area contributed by atoms with Crippen LogP contribution in [0.25, 0.3) is 0 Å². The van der Waals surface area contributed by atoms with Crippen LogP contribution in [0.4, 0.5) is 0 Å². The normalized spacial score (nSPS) is 23.4. The Balaban J connectivity index is 2.05. The van der Waals surface area contributed by atoms with Gasteiger partial charge in [-0.25, -0.2) is 9.59 Å². The van der Waals surface area contributed by atoms with Crippen molar-refractivity contribution in [2.75, 3.05) is 6.61 Å². The van der Waals surface area contributed by atoms with Gasteiger partial charge >= 0.3 is 11.9 Å². The van der Waals surface area contributed by atoms with Crippen LogP contribution in [0.1, 0.15) is 51.9 Å². The zero-order valence-corrected chi connectivity index (χ0v) is 11.6. The van der Waals surface area contributed by atoms with Crippen molar-refractivity contribution in [1.82, 2.24) is 0 Å². The van der Waals surface area contributed by atoms with Crippen LogP contribution in [0.5, 0.6) is 0 Å². The fourth-order valence-corrected chi connectivity index (χ4v) is 2.66. The molecular weight excluding hydrogens is 244 g/mol. The number of esters is 1. The molecule has 1 N–H and O–H groups in total. The smallest absolute Gasteiger partial charge is 0.331 e. The number of rotatable bonds is 7. The summed E-state index contributed by atoms with van der Waals surface area (Å²) < 4.78 is 4.94. The van der Waals surface area contributed by atoms with E-state index in [-0.39, 0.29) is 0 Å². The molecule has 0 aromatic rings. The number of carboxylic acid groups (broad SMARTS) is 1. The number of ether oxygens (including phenoxy) is 1. The molecule has 1 fully saturated rings. The summed E-state index contributed by atoms with van der Waals surface area (Å²) >= 11 is 0. The molecule has 1 saturated carbocycles. The van der Waals surface area contributed by atoms with E-state index in [0.717, 1.165) is 36.8 Å². The molecule has 0 saturated heterocycles. The predicted molar refractivity (Wildman–Crippen MR) is 72.7 cm³/mol. The van der Waals surface area contributed by atoms with Crippen molar-refractivity contribution in [1.29, 1.82) is 0 Å². The van der Waals surface area contributed by atoms with Gasteiger partial charge in [0, 0.05) is 12.2 Å². The highest BCUT2D eigenvalue weighted by atomic mass is 16.5. The van der Waals surface area contributed by atoms with Crippen LogP contribution in [0, 0.1) is 11.8 Å². The summed E-state index contributed by atoms with van der Waals surface area (Å²) in [5.74, 6) is -0.0203. The Morgan fingerprint density at radius 2 is 1.79 bits per heavy atom. The molecular formula is C15H24O4. The van der Waals surface area contributed by atoms with Crippen LogP contribution < -0.4 is 0 Å². The SMILES string of the molecule is CCC1CCC(CCCOC(=O)/C=C/C(=O)O)CC1. The third kappa shape index (κ3) is 6.99. The van der Waals surface area contributed by atoms with Gasteiger partial charge in [0.1, 0.15) is 0 Å². The molecule has 0 radical (unpaired) electrons. The van der Waals surface area contributed by atoms with Crippen LogP contribution in [0.2, 0.25) is 0 Å². The molecule has 1 aliphatic rings. The number of hydrogen-bond donors (Lipinski definition) is 1. The molecule has 0 bridgehead atoms. The topological polar surface area (TPSA) is 63.6 Å². The van der Waals surface area contributed by atoms with Crippen LogP contribution in [-0.2, 0) is 14.3 Å². The van der Waals surface area contributed by atoms with Crippen molar-refractivity contribution in [3.63, 3.8) is 0 Å². The predicted octanol–water partition coefficient (Wildman–Crippen LogP) is 3.17. The summed E-state index contributed by atoms with van der Waals surface area (Å²) in [5.41, 5.74) is 0. The lowest BCUT2D eigenvalue weighted by Crippen LogP contribution is -2.14. The summed E-state index contributed by atoms with van der Waals surface area (Å²) in [7, 11) is 0. The van der Waals surface area contributed by atoms with E-state index in [4.69, 9.17) is 9.84 Å². The lowest BCUT2D eigenvalue weighted by Gasteiger charge is -2.27. The van der Waals surface area contributed by atoms with E-state index in [9.17, 15) is 9.59 Å². The van der Waals surface area contributed by atoms with Gasteiger partial charge in [-0.3, -0.25) is 0 Å². The van der Waals surface area contributed by atoms with E-state index < -0.39 is 11.9 Å². The zero-order valence-electron chi connectivity index (χ0n) is 11.6. The van der Waals surface area contributed by atoms with Gasteiger partial charge < -0.3 is 9.84 Å². The first-order valence-corrected chi connectivity index (χ1v) is 7.19. The summed E-state index contributed by atoms with van der Waals surface area (Å²) in [6.07, 6.45) is 10.3. The van der Waals surface area contributed by atoms with Gasteiger partial charge in [0.15, 0.2) is 0 Å². The molecule has 108 valence electrons. The number of carboxylic acids is 1. The van der Waals surface area contributed by atoms with Crippen LogP contribution >= 0.6 is 0 Å². The highest BCUT2D eigenvalue weighted by Gasteiger charge is 2.19. The Labute approximate surface area is 114 Å². The highest BCUT2D eigenvalue weighted by Crippen LogP contribution is 2.32. The largest absolute Gasteiger partial charge is 0.478 e. The second-order valence-electron chi connectivity index (χ2n) is 5.28. The molecule has 4 heteroatoms. The first-order valence-electron chi connectivity index (χ1n) is 7.19. The van der Waals surface area contributed by atoms with Gasteiger partial charge in [-0.05, 0) is 24.7 Å².